The fourth-order valence-corrected chi connectivity index (χ4v) is 21.2. The Morgan fingerprint density at radius 1 is 0.370 bits per heavy atom. The zero-order valence-electron chi connectivity index (χ0n) is 85.9. The number of rotatable bonds is 22. The summed E-state index contributed by atoms with van der Waals surface area (Å²) in [6, 6.07) is 34.5. The van der Waals surface area contributed by atoms with Gasteiger partial charge >= 0.3 is 22.7 Å². The predicted molar refractivity (Wildman–Crippen MR) is 547 cm³/mol. The molecule has 40 nitrogen and oxygen atoms in total. The number of nitrogens with zero attached hydrogens (tertiary/aromatic N) is 22. The van der Waals surface area contributed by atoms with Gasteiger partial charge in [0.2, 0.25) is 22.6 Å². The van der Waals surface area contributed by atoms with Crippen LogP contribution in [-0.4, -0.2) is 244 Å². The first-order valence-electron chi connectivity index (χ1n) is 47.4. The lowest BCUT2D eigenvalue weighted by molar-refractivity contribution is -0.0500. The number of hydrogen-bond acceptors (Lipinski definition) is 36. The summed E-state index contributed by atoms with van der Waals surface area (Å²) >= 11 is 0. The highest BCUT2D eigenvalue weighted by Gasteiger charge is 2.53. The summed E-state index contributed by atoms with van der Waals surface area (Å²) < 4.78 is 118. The SMILES string of the molecule is CC1(C)CC(n2nnc3cc(-c4ccc(-c5ccc(O)cn5)cc4O)nnc32)CC(C)(C)N1.COCOc1cc(-c2ccc(O)cn2)ccc1-c1cc2nnn(C3CC(C)(C)NC(C)(C)C3)c2nn1.COCOc1cc(B2OC(C)(C)C(C)(C)O2)ccc1-c1cc2nnn(C3CC(C)(C)NC(C)(C)C3)c2nn1.COCOc1cc(OS(=O)(=O)C(F)(F)F)ccc1-c1cc2nnn(C3CC(C)(C)NC(C)(C)C3)c2nn1.Cl.Cl. The van der Waals surface area contributed by atoms with Crippen molar-refractivity contribution in [2.75, 3.05) is 41.7 Å². The molecule has 7 N–H and O–H groups in total. The Morgan fingerprint density at radius 3 is 0.973 bits per heavy atom. The summed E-state index contributed by atoms with van der Waals surface area (Å²) in [6.45, 7) is 43.1. The van der Waals surface area contributed by atoms with Crippen molar-refractivity contribution in [1.29, 1.82) is 0 Å². The minimum atomic E-state index is -5.86. The largest absolute Gasteiger partial charge is 0.534 e. The molecular formula is C99H126BCl2F3N26O14S. The summed E-state index contributed by atoms with van der Waals surface area (Å²) in [7, 11) is -1.86. The van der Waals surface area contributed by atoms with Crippen LogP contribution in [0.15, 0.2) is 134 Å². The van der Waals surface area contributed by atoms with E-state index >= 15 is 0 Å². The molecule has 4 aromatic carbocycles. The highest BCUT2D eigenvalue weighted by molar-refractivity contribution is 7.88. The average Bonchev–Trinajstić information content (AvgIpc) is 1.61. The van der Waals surface area contributed by atoms with Gasteiger partial charge in [0.05, 0.1) is 81.9 Å². The highest BCUT2D eigenvalue weighted by atomic mass is 35.5. The smallest absolute Gasteiger partial charge is 0.507 e. The first-order valence-corrected chi connectivity index (χ1v) is 48.8. The molecule has 0 unspecified atom stereocenters. The summed E-state index contributed by atoms with van der Waals surface area (Å²) in [6.07, 6.45) is 9.88. The number of phenols is 1. The molecule has 146 heavy (non-hydrogen) atoms. The maximum absolute atomic E-state index is 12.7. The molecule has 780 valence electrons. The van der Waals surface area contributed by atoms with Crippen molar-refractivity contribution in [1.82, 2.24) is 132 Å². The second-order valence-electron chi connectivity index (χ2n) is 43.6. The van der Waals surface area contributed by atoms with Gasteiger partial charge in [-0.25, -0.2) is 18.7 Å². The number of phenolic OH excluding ortho intramolecular Hbond substituents is 1. The van der Waals surface area contributed by atoms with Gasteiger partial charge in [0.1, 0.15) is 62.3 Å². The van der Waals surface area contributed by atoms with Crippen LogP contribution in [-0.2, 0) is 33.6 Å². The van der Waals surface area contributed by atoms with Crippen molar-refractivity contribution in [2.45, 2.75) is 275 Å². The Bertz CT molecular complexity index is 7080. The third-order valence-electron chi connectivity index (χ3n) is 26.1. The van der Waals surface area contributed by atoms with Gasteiger partial charge in [-0.3, -0.25) is 9.97 Å². The molecule has 0 aliphatic carbocycles. The normalized spacial score (nSPS) is 18.7. The molecular weight excluding hydrogens is 1950 g/mol. The minimum Gasteiger partial charge on any atom is -0.507 e. The zero-order chi connectivity index (χ0) is 104. The molecule has 5 aliphatic rings. The van der Waals surface area contributed by atoms with E-state index in [1.165, 1.54) is 25.6 Å². The molecule has 0 atom stereocenters. The van der Waals surface area contributed by atoms with Crippen LogP contribution in [0.1, 0.15) is 214 Å². The van der Waals surface area contributed by atoms with Crippen molar-refractivity contribution in [3.05, 3.63) is 134 Å². The van der Waals surface area contributed by atoms with Crippen molar-refractivity contribution in [3.63, 3.8) is 0 Å². The van der Waals surface area contributed by atoms with Gasteiger partial charge in [0.25, 0.3) is 0 Å². The first-order chi connectivity index (χ1) is 67.5. The van der Waals surface area contributed by atoms with E-state index in [0.29, 0.717) is 95.8 Å². The van der Waals surface area contributed by atoms with Gasteiger partial charge in [-0.05, 0) is 292 Å². The molecule has 19 rings (SSSR count). The van der Waals surface area contributed by atoms with E-state index in [4.69, 9.17) is 37.7 Å². The number of piperidine rings is 4. The summed E-state index contributed by atoms with van der Waals surface area (Å²) in [5.74, 6) is 0.814. The van der Waals surface area contributed by atoms with Crippen LogP contribution in [0, 0.1) is 0 Å². The number of pyridine rings is 2. The number of methoxy groups -OCH3 is 3. The second-order valence-corrected chi connectivity index (χ2v) is 45.1. The topological polar surface area (TPSA) is 478 Å². The molecule has 5 aliphatic heterocycles. The minimum absolute atomic E-state index is 0. The average molecular weight is 2080 g/mol. The number of alkyl halides is 3. The van der Waals surface area contributed by atoms with Gasteiger partial charge in [-0.15, -0.1) is 86.0 Å². The van der Waals surface area contributed by atoms with Gasteiger partial charge in [0.15, 0.2) is 20.4 Å². The van der Waals surface area contributed by atoms with Crippen LogP contribution in [0.5, 0.6) is 40.2 Å². The maximum atomic E-state index is 12.7. The summed E-state index contributed by atoms with van der Waals surface area (Å²) in [5, 5.41) is 115. The molecule has 5 fully saturated rings. The Balaban J connectivity index is 0.000000153. The maximum Gasteiger partial charge on any atom is 0.534 e. The standard InChI is InChI=1S/C27H39BN6O4.C26H31N7O3.C24H27N7O2.C22H27F3N6O5S.2ClH/c1-24(2)14-18(15-25(3,4)32-24)34-23-21(30-33-34)13-20(29-31-23)19-11-10-17(12-22(19)36-16-35-9)28-37-26(5,6)27(7,8)38-28;1-25(2)12-17(13-26(3,4)31-25)33-24-22(29-32-33)11-21(28-30-24)19-8-6-16(10-23(19)36-15-35-5)20-9-7-18(34)14-27-20;1-23(2)11-15(12-24(3,4)29-23)31-22-20(27-30-31)10-19(26-28-22)17-7-5-14(9-21(17)33)18-8-6-16(32)13-25-18;1-20(2)10-13(11-21(3,4)29-20)31-19-17(27-30-31)9-16(26-28-19)15-7-6-14(8-18(15)35-12-34-5)36-37(32,33)22(23,24)25;;/h10-13,18,32H,14-16H2,1-9H3;6-11,14,17,31,34H,12-13,15H2,1-5H3;5-10,13,15,29,32-33H,11-12H2,1-4H3;6-9,13,29H,10-12H2,1-5H3;2*1H. The Labute approximate surface area is 856 Å². The molecule has 0 radical (unpaired) electrons. The monoisotopic (exact) mass is 2070 g/mol. The van der Waals surface area contributed by atoms with Crippen LogP contribution in [0.4, 0.5) is 13.2 Å². The van der Waals surface area contributed by atoms with E-state index in [2.05, 4.69) is 228 Å². The Morgan fingerprint density at radius 2 is 0.664 bits per heavy atom. The van der Waals surface area contributed by atoms with Crippen LogP contribution in [0.25, 0.3) is 112 Å². The number of aromatic hydroxyl groups is 3. The third kappa shape index (κ3) is 24.9. The van der Waals surface area contributed by atoms with E-state index < -0.39 is 39.7 Å². The Hall–Kier alpha value is -12.3. The second kappa shape index (κ2) is 41.8. The predicted octanol–water partition coefficient (Wildman–Crippen LogP) is 16.0. The van der Waals surface area contributed by atoms with Crippen LogP contribution in [0.2, 0.25) is 0 Å². The summed E-state index contributed by atoms with van der Waals surface area (Å²) in [4.78, 5) is 8.48. The molecule has 0 amide bonds. The first kappa shape index (κ1) is 109. The fourth-order valence-electron chi connectivity index (χ4n) is 20.7. The quantitative estimate of drug-likeness (QED) is 0.0143. The van der Waals surface area contributed by atoms with Crippen LogP contribution in [0.3, 0.4) is 0 Å². The van der Waals surface area contributed by atoms with Gasteiger partial charge in [0, 0.05) is 105 Å². The van der Waals surface area contributed by atoms with Crippen molar-refractivity contribution in [3.8, 4) is 108 Å². The highest BCUT2D eigenvalue weighted by Crippen LogP contribution is 2.46. The van der Waals surface area contributed by atoms with Crippen molar-refractivity contribution >= 4 is 92.2 Å². The van der Waals surface area contributed by atoms with E-state index in [1.807, 2.05) is 96.3 Å². The van der Waals surface area contributed by atoms with E-state index in [1.54, 1.807) is 67.4 Å². The molecule has 47 heteroatoms. The lowest BCUT2D eigenvalue weighted by atomic mass is 9.78. The van der Waals surface area contributed by atoms with E-state index in [-0.39, 0.29) is 142 Å². The zero-order valence-corrected chi connectivity index (χ0v) is 88.3. The molecule has 14 aromatic rings. The Kier molecular flexibility index (Phi) is 31.3. The van der Waals surface area contributed by atoms with Crippen molar-refractivity contribution in [2.24, 2.45) is 0 Å². The third-order valence-corrected chi connectivity index (χ3v) is 27.1. The van der Waals surface area contributed by atoms with Crippen LogP contribution >= 0.6 is 24.8 Å². The van der Waals surface area contributed by atoms with Gasteiger partial charge in [-0.2, -0.15) is 21.6 Å². The molecule has 0 saturated carbocycles. The molecule has 10 aromatic heterocycles. The lowest BCUT2D eigenvalue weighted by Crippen LogP contribution is -2.58. The molecule has 15 heterocycles. The number of ether oxygens (including phenoxy) is 6. The molecule has 0 bridgehead atoms. The number of halogens is 5. The number of benzene rings is 4. The lowest BCUT2D eigenvalue weighted by Gasteiger charge is -2.46. The number of aromatic nitrogens is 22. The number of hydrogen-bond donors (Lipinski definition) is 7. The molecule has 0 spiro atoms. The van der Waals surface area contributed by atoms with Crippen LogP contribution < -0.4 is 45.1 Å². The van der Waals surface area contributed by atoms with E-state index in [0.717, 1.165) is 91.2 Å². The number of nitrogens with one attached hydrogen (secondary N) is 4. The fraction of sp³-hybridized carbons (Fsp3) is 0.495. The van der Waals surface area contributed by atoms with Gasteiger partial charge in [-0.1, -0.05) is 39.1 Å². The van der Waals surface area contributed by atoms with Gasteiger partial charge < -0.3 is 78.5 Å². The molecule has 5 saturated heterocycles. The van der Waals surface area contributed by atoms with Crippen molar-refractivity contribution < 1.29 is 78.8 Å². The number of fused-ring (bicyclic) bond motifs is 4. The summed E-state index contributed by atoms with van der Waals surface area (Å²) in [5.41, 5.74) is 6.26. The van der Waals surface area contributed by atoms with E-state index in [9.17, 15) is 36.9 Å².